The Bertz CT molecular complexity index is 628. The Hall–Kier alpha value is -2.06. The van der Waals surface area contributed by atoms with E-state index in [2.05, 4.69) is 14.8 Å². The van der Waals surface area contributed by atoms with Gasteiger partial charge in [-0.05, 0) is 6.92 Å². The van der Waals surface area contributed by atoms with Gasteiger partial charge in [-0.2, -0.15) is 22.7 Å². The average Bonchev–Trinajstić information content (AvgIpc) is 2.57. The third-order valence-electron chi connectivity index (χ3n) is 2.05. The van der Waals surface area contributed by atoms with Crippen molar-refractivity contribution in [3.8, 4) is 5.75 Å². The third-order valence-corrected chi connectivity index (χ3v) is 2.05. The molecule has 2 aromatic rings. The molecule has 0 aromatic carbocycles. The molecule has 0 aliphatic carbocycles. The first-order chi connectivity index (χ1) is 7.84. The number of alkyl halides is 3. The van der Waals surface area contributed by atoms with Gasteiger partial charge >= 0.3 is 11.7 Å². The molecule has 0 aliphatic rings. The zero-order valence-corrected chi connectivity index (χ0v) is 8.79. The lowest BCUT2D eigenvalue weighted by atomic mass is 10.3. The Morgan fingerprint density at radius 2 is 2.06 bits per heavy atom. The number of hydrogen-bond acceptors (Lipinski definition) is 4. The van der Waals surface area contributed by atoms with Crippen LogP contribution in [-0.4, -0.2) is 26.7 Å². The smallest absolute Gasteiger partial charge is 0.435 e. The lowest BCUT2D eigenvalue weighted by Gasteiger charge is -2.10. The quantitative estimate of drug-likeness (QED) is 0.808. The predicted octanol–water partition coefficient (Wildman–Crippen LogP) is 0.753. The number of hydrogen-bond donors (Lipinski definition) is 1. The molecule has 0 spiro atoms. The molecule has 2 heterocycles. The van der Waals surface area contributed by atoms with Gasteiger partial charge in [0.2, 0.25) is 11.5 Å². The van der Waals surface area contributed by atoms with Gasteiger partial charge < -0.3 is 9.72 Å². The number of ether oxygens (including phenoxy) is 1. The van der Waals surface area contributed by atoms with Crippen molar-refractivity contribution in [2.24, 2.45) is 0 Å². The summed E-state index contributed by atoms with van der Waals surface area (Å²) in [5.41, 5.74) is -2.28. The second-order valence-corrected chi connectivity index (χ2v) is 3.23. The van der Waals surface area contributed by atoms with E-state index in [4.69, 9.17) is 0 Å². The first-order valence-electron chi connectivity index (χ1n) is 4.45. The van der Waals surface area contributed by atoms with Crippen molar-refractivity contribution in [2.45, 2.75) is 13.1 Å². The monoisotopic (exact) mass is 248 g/mol. The van der Waals surface area contributed by atoms with Gasteiger partial charge in [-0.3, -0.25) is 4.79 Å². The standard InChI is InChI=1S/C8H7F3N4O2/c1-3-12-7-13-5(8(9,10)11)4(17-2)6(16)15(7)14-3/h1-2H3,(H,12,13,14). The van der Waals surface area contributed by atoms with Gasteiger partial charge in [0.15, 0.2) is 5.69 Å². The van der Waals surface area contributed by atoms with Crippen LogP contribution in [0.3, 0.4) is 0 Å². The van der Waals surface area contributed by atoms with Crippen LogP contribution in [-0.2, 0) is 6.18 Å². The molecule has 0 radical (unpaired) electrons. The van der Waals surface area contributed by atoms with Crippen molar-refractivity contribution < 1.29 is 17.9 Å². The lowest BCUT2D eigenvalue weighted by Crippen LogP contribution is -2.23. The number of halogens is 3. The summed E-state index contributed by atoms with van der Waals surface area (Å²) in [6.07, 6.45) is -4.73. The van der Waals surface area contributed by atoms with Crippen molar-refractivity contribution >= 4 is 5.78 Å². The summed E-state index contributed by atoms with van der Waals surface area (Å²) in [5, 5.41) is 3.66. The van der Waals surface area contributed by atoms with Gasteiger partial charge in [-0.25, -0.2) is 0 Å². The minimum atomic E-state index is -4.73. The van der Waals surface area contributed by atoms with E-state index in [1.165, 1.54) is 6.92 Å². The Balaban J connectivity index is 2.89. The maximum atomic E-state index is 12.6. The summed E-state index contributed by atoms with van der Waals surface area (Å²) in [7, 11) is 0.982. The van der Waals surface area contributed by atoms with Gasteiger partial charge in [0.05, 0.1) is 7.11 Å². The van der Waals surface area contributed by atoms with Crippen LogP contribution in [0.5, 0.6) is 5.75 Å². The van der Waals surface area contributed by atoms with E-state index >= 15 is 0 Å². The fraction of sp³-hybridized carbons (Fsp3) is 0.375. The van der Waals surface area contributed by atoms with Crippen LogP contribution in [0.15, 0.2) is 4.79 Å². The van der Waals surface area contributed by atoms with Crippen LogP contribution >= 0.6 is 0 Å². The summed E-state index contributed by atoms with van der Waals surface area (Å²) in [6, 6.07) is 0. The molecule has 0 saturated heterocycles. The van der Waals surface area contributed by atoms with Crippen LogP contribution in [0.4, 0.5) is 13.2 Å². The summed E-state index contributed by atoms with van der Waals surface area (Å²) in [5.74, 6) is -0.935. The summed E-state index contributed by atoms with van der Waals surface area (Å²) in [6.45, 7) is 1.46. The van der Waals surface area contributed by atoms with Crippen LogP contribution in [0.25, 0.3) is 5.78 Å². The first-order valence-corrected chi connectivity index (χ1v) is 4.45. The second kappa shape index (κ2) is 3.47. The van der Waals surface area contributed by atoms with E-state index in [-0.39, 0.29) is 11.6 Å². The van der Waals surface area contributed by atoms with Gasteiger partial charge in [0, 0.05) is 0 Å². The SMILES string of the molecule is COc1c(C(F)(F)F)[nH]c2nc(C)nn2c1=O. The van der Waals surface area contributed by atoms with Gasteiger partial charge in [0.1, 0.15) is 5.82 Å². The van der Waals surface area contributed by atoms with Crippen LogP contribution < -0.4 is 10.3 Å². The van der Waals surface area contributed by atoms with Crippen LogP contribution in [0, 0.1) is 6.92 Å². The zero-order valence-electron chi connectivity index (χ0n) is 8.79. The maximum absolute atomic E-state index is 12.6. The molecule has 92 valence electrons. The third kappa shape index (κ3) is 1.73. The molecular weight excluding hydrogens is 241 g/mol. The Morgan fingerprint density at radius 3 is 2.59 bits per heavy atom. The number of methoxy groups -OCH3 is 1. The van der Waals surface area contributed by atoms with Crippen molar-refractivity contribution in [1.29, 1.82) is 0 Å². The van der Waals surface area contributed by atoms with Gasteiger partial charge in [-0.15, -0.1) is 5.10 Å². The minimum absolute atomic E-state index is 0.180. The highest BCUT2D eigenvalue weighted by Crippen LogP contribution is 2.32. The van der Waals surface area contributed by atoms with E-state index in [1.54, 1.807) is 0 Å². The number of aromatic amines is 1. The number of nitrogens with zero attached hydrogens (tertiary/aromatic N) is 3. The molecule has 0 unspecified atom stereocenters. The molecule has 0 fully saturated rings. The molecule has 0 atom stereocenters. The van der Waals surface area contributed by atoms with E-state index in [0.29, 0.717) is 0 Å². The summed E-state index contributed by atoms with van der Waals surface area (Å²) >= 11 is 0. The molecule has 2 rings (SSSR count). The molecular formula is C8H7F3N4O2. The van der Waals surface area contributed by atoms with Crippen molar-refractivity contribution in [3.63, 3.8) is 0 Å². The van der Waals surface area contributed by atoms with Crippen molar-refractivity contribution in [3.05, 3.63) is 21.9 Å². The number of fused-ring (bicyclic) bond motifs is 1. The first kappa shape index (κ1) is 11.4. The molecule has 0 bridgehead atoms. The Labute approximate surface area is 92.0 Å². The molecule has 0 saturated carbocycles. The number of aryl methyl sites for hydroxylation is 1. The van der Waals surface area contributed by atoms with Gasteiger partial charge in [0.25, 0.3) is 0 Å². The molecule has 6 nitrogen and oxygen atoms in total. The average molecular weight is 248 g/mol. The molecule has 1 N–H and O–H groups in total. The number of nitrogens with one attached hydrogen (secondary N) is 1. The largest absolute Gasteiger partial charge is 0.490 e. The second-order valence-electron chi connectivity index (χ2n) is 3.23. The topological polar surface area (TPSA) is 72.3 Å². The lowest BCUT2D eigenvalue weighted by molar-refractivity contribution is -0.142. The number of rotatable bonds is 1. The molecule has 0 aliphatic heterocycles. The highest BCUT2D eigenvalue weighted by molar-refractivity contribution is 5.37. The minimum Gasteiger partial charge on any atom is -0.490 e. The molecule has 0 amide bonds. The van der Waals surface area contributed by atoms with E-state index in [0.717, 1.165) is 11.6 Å². The molecule has 2 aromatic heterocycles. The Morgan fingerprint density at radius 1 is 1.41 bits per heavy atom. The number of aromatic nitrogens is 4. The summed E-state index contributed by atoms with van der Waals surface area (Å²) < 4.78 is 43.1. The highest BCUT2D eigenvalue weighted by atomic mass is 19.4. The maximum Gasteiger partial charge on any atom is 0.435 e. The fourth-order valence-corrected chi connectivity index (χ4v) is 1.40. The van der Waals surface area contributed by atoms with Crippen molar-refractivity contribution in [2.75, 3.05) is 7.11 Å². The molecule has 9 heteroatoms. The predicted molar refractivity (Wildman–Crippen MR) is 49.9 cm³/mol. The number of H-pyrrole nitrogens is 1. The van der Waals surface area contributed by atoms with Crippen LogP contribution in [0.2, 0.25) is 0 Å². The summed E-state index contributed by atoms with van der Waals surface area (Å²) in [4.78, 5) is 17.3. The normalized spacial score (nSPS) is 12.1. The zero-order chi connectivity index (χ0) is 12.8. The Kier molecular flexibility index (Phi) is 2.33. The van der Waals surface area contributed by atoms with E-state index in [9.17, 15) is 18.0 Å². The highest BCUT2D eigenvalue weighted by Gasteiger charge is 2.38. The van der Waals surface area contributed by atoms with E-state index < -0.39 is 23.2 Å². The van der Waals surface area contributed by atoms with E-state index in [1.807, 2.05) is 4.98 Å². The fourth-order valence-electron chi connectivity index (χ4n) is 1.40. The van der Waals surface area contributed by atoms with Gasteiger partial charge in [-0.1, -0.05) is 0 Å². The van der Waals surface area contributed by atoms with Crippen LogP contribution in [0.1, 0.15) is 11.5 Å². The van der Waals surface area contributed by atoms with Crippen molar-refractivity contribution in [1.82, 2.24) is 19.6 Å². The molecule has 17 heavy (non-hydrogen) atoms.